The lowest BCUT2D eigenvalue weighted by Gasteiger charge is -2.20. The Balaban J connectivity index is 0.00000196. The molecule has 2 aromatic rings. The largest absolute Gasteiger partial charge is 0.339 e. The summed E-state index contributed by atoms with van der Waals surface area (Å²) in [5.41, 5.74) is 2.42. The zero-order valence-electron chi connectivity index (χ0n) is 14.8. The fourth-order valence-electron chi connectivity index (χ4n) is 4.08. The lowest BCUT2D eigenvalue weighted by molar-refractivity contribution is 0.0758. The van der Waals surface area contributed by atoms with Gasteiger partial charge in [-0.1, -0.05) is 17.7 Å². The Hall–Kier alpha value is -1.56. The van der Waals surface area contributed by atoms with Gasteiger partial charge in [0.2, 0.25) is 0 Å². The Kier molecular flexibility index (Phi) is 5.90. The number of carbonyl (C=O) groups excluding carboxylic acids is 1. The van der Waals surface area contributed by atoms with E-state index in [4.69, 9.17) is 11.6 Å². The maximum absolute atomic E-state index is 13.0. The molecule has 5 nitrogen and oxygen atoms in total. The van der Waals surface area contributed by atoms with Crippen molar-refractivity contribution >= 4 is 29.9 Å². The molecule has 2 atom stereocenters. The summed E-state index contributed by atoms with van der Waals surface area (Å²) in [6.45, 7) is 5.81. The predicted octanol–water partition coefficient (Wildman–Crippen LogP) is 3.33. The second-order valence-electron chi connectivity index (χ2n) is 7.08. The highest BCUT2D eigenvalue weighted by molar-refractivity contribution is 6.30. The van der Waals surface area contributed by atoms with Gasteiger partial charge in [0.05, 0.1) is 23.1 Å². The zero-order valence-corrected chi connectivity index (χ0v) is 16.4. The van der Waals surface area contributed by atoms with Crippen LogP contribution in [0.3, 0.4) is 0 Å². The van der Waals surface area contributed by atoms with Crippen LogP contribution >= 0.6 is 24.0 Å². The summed E-state index contributed by atoms with van der Waals surface area (Å²) >= 11 is 6.08. The molecule has 1 aromatic carbocycles. The van der Waals surface area contributed by atoms with Gasteiger partial charge in [0, 0.05) is 18.1 Å². The molecule has 7 heteroatoms. The van der Waals surface area contributed by atoms with Crippen LogP contribution in [-0.4, -0.2) is 46.8 Å². The number of amides is 1. The summed E-state index contributed by atoms with van der Waals surface area (Å²) in [6.07, 6.45) is 3.86. The van der Waals surface area contributed by atoms with Gasteiger partial charge in [-0.05, 0) is 62.9 Å². The maximum atomic E-state index is 13.0. The first-order chi connectivity index (χ1) is 12.1. The van der Waals surface area contributed by atoms with Crippen molar-refractivity contribution in [2.75, 3.05) is 26.2 Å². The smallest absolute Gasteiger partial charge is 0.257 e. The normalized spacial score (nSPS) is 22.5. The summed E-state index contributed by atoms with van der Waals surface area (Å²) in [7, 11) is 0. The zero-order chi connectivity index (χ0) is 17.4. The van der Waals surface area contributed by atoms with Crippen LogP contribution in [0.1, 0.15) is 28.9 Å². The van der Waals surface area contributed by atoms with E-state index in [2.05, 4.69) is 10.4 Å². The number of hydrogen-bond acceptors (Lipinski definition) is 3. The number of hydrogen-bond donors (Lipinski definition) is 1. The Bertz CT molecular complexity index is 778. The van der Waals surface area contributed by atoms with Crippen LogP contribution in [0, 0.1) is 18.8 Å². The van der Waals surface area contributed by atoms with Crippen LogP contribution in [0.25, 0.3) is 5.69 Å². The van der Waals surface area contributed by atoms with Gasteiger partial charge in [-0.15, -0.1) is 12.4 Å². The topological polar surface area (TPSA) is 50.2 Å². The van der Waals surface area contributed by atoms with Crippen LogP contribution in [0.15, 0.2) is 30.5 Å². The van der Waals surface area contributed by atoms with Gasteiger partial charge in [-0.3, -0.25) is 4.79 Å². The molecule has 2 aliphatic heterocycles. The molecule has 0 radical (unpaired) electrons. The molecule has 26 heavy (non-hydrogen) atoms. The van der Waals surface area contributed by atoms with E-state index in [0.29, 0.717) is 22.4 Å². The van der Waals surface area contributed by atoms with E-state index < -0.39 is 0 Å². The summed E-state index contributed by atoms with van der Waals surface area (Å²) in [5.74, 6) is 1.53. The molecular weight excluding hydrogens is 371 g/mol. The molecule has 4 rings (SSSR count). The molecule has 0 unspecified atom stereocenters. The molecule has 3 heterocycles. The van der Waals surface area contributed by atoms with Crippen molar-refractivity contribution in [1.29, 1.82) is 0 Å². The minimum absolute atomic E-state index is 0. The first-order valence-electron chi connectivity index (χ1n) is 8.94. The van der Waals surface area contributed by atoms with Crippen LogP contribution in [-0.2, 0) is 0 Å². The predicted molar refractivity (Wildman–Crippen MR) is 106 cm³/mol. The summed E-state index contributed by atoms with van der Waals surface area (Å²) < 4.78 is 1.79. The van der Waals surface area contributed by atoms with E-state index in [1.165, 1.54) is 0 Å². The van der Waals surface area contributed by atoms with Gasteiger partial charge in [0.1, 0.15) is 0 Å². The fourth-order valence-corrected chi connectivity index (χ4v) is 4.26. The quantitative estimate of drug-likeness (QED) is 0.849. The SMILES string of the molecule is Cc1c(C(=O)N2CC[C@@H]3CNC[C@@H]3CC2)cnn1-c1cccc(Cl)c1.Cl. The number of halogens is 2. The van der Waals surface area contributed by atoms with Gasteiger partial charge in [0.15, 0.2) is 0 Å². The standard InChI is InChI=1S/C19H23ClN4O.ClH/c1-13-18(12-22-24(13)17-4-2-3-16(20)9-17)19(25)23-7-5-14-10-21-11-15(14)6-8-23;/h2-4,9,12,14-15,21H,5-8,10-11H2,1H3;1H/t14-,15+;. The molecule has 1 aromatic heterocycles. The average molecular weight is 395 g/mol. The molecule has 140 valence electrons. The second-order valence-corrected chi connectivity index (χ2v) is 7.52. The number of aromatic nitrogens is 2. The summed E-state index contributed by atoms with van der Waals surface area (Å²) in [5, 5.41) is 8.56. The van der Waals surface area contributed by atoms with Crippen LogP contribution in [0.5, 0.6) is 0 Å². The van der Waals surface area contributed by atoms with Gasteiger partial charge in [-0.2, -0.15) is 5.10 Å². The molecule has 2 aliphatic rings. The van der Waals surface area contributed by atoms with Gasteiger partial charge in [-0.25, -0.2) is 4.68 Å². The number of carbonyl (C=O) groups is 1. The minimum Gasteiger partial charge on any atom is -0.339 e. The van der Waals surface area contributed by atoms with Crippen molar-refractivity contribution < 1.29 is 4.79 Å². The van der Waals surface area contributed by atoms with Crippen LogP contribution in [0.2, 0.25) is 5.02 Å². The number of fused-ring (bicyclic) bond motifs is 1. The summed E-state index contributed by atoms with van der Waals surface area (Å²) in [6, 6.07) is 7.52. The van der Waals surface area contributed by atoms with Gasteiger partial charge < -0.3 is 10.2 Å². The van der Waals surface area contributed by atoms with E-state index in [1.807, 2.05) is 36.1 Å². The molecule has 1 amide bonds. The number of nitrogens with one attached hydrogen (secondary N) is 1. The minimum atomic E-state index is 0. The molecule has 0 spiro atoms. The number of nitrogens with zero attached hydrogens (tertiary/aromatic N) is 3. The maximum Gasteiger partial charge on any atom is 0.257 e. The van der Waals surface area contributed by atoms with Crippen molar-refractivity contribution in [2.45, 2.75) is 19.8 Å². The van der Waals surface area contributed by atoms with Crippen molar-refractivity contribution in [3.63, 3.8) is 0 Å². The fraction of sp³-hybridized carbons (Fsp3) is 0.474. The van der Waals surface area contributed by atoms with Crippen LogP contribution in [0.4, 0.5) is 0 Å². The third-order valence-electron chi connectivity index (χ3n) is 5.60. The highest BCUT2D eigenvalue weighted by Gasteiger charge is 2.32. The van der Waals surface area contributed by atoms with E-state index >= 15 is 0 Å². The Morgan fingerprint density at radius 3 is 2.58 bits per heavy atom. The molecule has 0 saturated carbocycles. The molecule has 0 aliphatic carbocycles. The number of likely N-dealkylation sites (tertiary alicyclic amines) is 1. The summed E-state index contributed by atoms with van der Waals surface area (Å²) in [4.78, 5) is 15.0. The molecule has 2 fully saturated rings. The average Bonchev–Trinajstić information content (AvgIpc) is 3.16. The van der Waals surface area contributed by atoms with Crippen LogP contribution < -0.4 is 5.32 Å². The Morgan fingerprint density at radius 1 is 1.23 bits per heavy atom. The van der Waals surface area contributed by atoms with E-state index in [-0.39, 0.29) is 18.3 Å². The lowest BCUT2D eigenvalue weighted by atomic mass is 9.92. The molecule has 1 N–H and O–H groups in total. The number of benzene rings is 1. The first-order valence-corrected chi connectivity index (χ1v) is 9.32. The van der Waals surface area contributed by atoms with Crippen molar-refractivity contribution in [1.82, 2.24) is 20.0 Å². The molecule has 0 bridgehead atoms. The number of rotatable bonds is 2. The second kappa shape index (κ2) is 7.99. The highest BCUT2D eigenvalue weighted by Crippen LogP contribution is 2.28. The highest BCUT2D eigenvalue weighted by atomic mass is 35.5. The first kappa shape index (κ1) is 19.2. The van der Waals surface area contributed by atoms with E-state index in [9.17, 15) is 4.79 Å². The van der Waals surface area contributed by atoms with Crippen molar-refractivity contribution in [3.8, 4) is 5.69 Å². The molecular formula is C19H24Cl2N4O. The van der Waals surface area contributed by atoms with Gasteiger partial charge >= 0.3 is 0 Å². The Labute approximate surface area is 165 Å². The third-order valence-corrected chi connectivity index (χ3v) is 5.83. The Morgan fingerprint density at radius 2 is 1.92 bits per heavy atom. The third kappa shape index (κ3) is 3.61. The van der Waals surface area contributed by atoms with E-state index in [0.717, 1.165) is 50.4 Å². The monoisotopic (exact) mass is 394 g/mol. The van der Waals surface area contributed by atoms with Crippen molar-refractivity contribution in [2.24, 2.45) is 11.8 Å². The lowest BCUT2D eigenvalue weighted by Crippen LogP contribution is -2.33. The van der Waals surface area contributed by atoms with E-state index in [1.54, 1.807) is 10.9 Å². The van der Waals surface area contributed by atoms with Gasteiger partial charge in [0.25, 0.3) is 5.91 Å². The molecule has 2 saturated heterocycles. The van der Waals surface area contributed by atoms with Crippen molar-refractivity contribution in [3.05, 3.63) is 46.7 Å².